The molecule has 0 radical (unpaired) electrons. The predicted molar refractivity (Wildman–Crippen MR) is 71.6 cm³/mol. The molecule has 2 N–H and O–H groups in total. The van der Waals surface area contributed by atoms with E-state index in [9.17, 15) is 8.42 Å². The molecule has 0 bridgehead atoms. The summed E-state index contributed by atoms with van der Waals surface area (Å²) >= 11 is 0. The van der Waals surface area contributed by atoms with Gasteiger partial charge in [-0.2, -0.15) is 0 Å². The van der Waals surface area contributed by atoms with E-state index < -0.39 is 10.0 Å². The van der Waals surface area contributed by atoms with Crippen molar-refractivity contribution < 1.29 is 8.42 Å². The number of hydrogen-bond acceptors (Lipinski definition) is 3. The Labute approximate surface area is 106 Å². The fourth-order valence-corrected chi connectivity index (χ4v) is 3.70. The zero-order valence-electron chi connectivity index (χ0n) is 10.9. The van der Waals surface area contributed by atoms with Gasteiger partial charge in [0.25, 0.3) is 0 Å². The molecule has 0 unspecified atom stereocenters. The van der Waals surface area contributed by atoms with Gasteiger partial charge >= 0.3 is 0 Å². The summed E-state index contributed by atoms with van der Waals surface area (Å²) < 4.78 is 26.4. The highest BCUT2D eigenvalue weighted by Gasteiger charge is 2.19. The first-order valence-electron chi connectivity index (χ1n) is 6.85. The van der Waals surface area contributed by atoms with Gasteiger partial charge in [0.15, 0.2) is 0 Å². The molecule has 102 valence electrons. The molecular formula is C12H26N2O2S. The number of nitrogens with one attached hydrogen (secondary N) is 2. The predicted octanol–water partition coefficient (Wildman–Crippen LogP) is 1.63. The van der Waals surface area contributed by atoms with Gasteiger partial charge < -0.3 is 5.32 Å². The Kier molecular flexibility index (Phi) is 7.08. The van der Waals surface area contributed by atoms with Crippen LogP contribution in [0.4, 0.5) is 0 Å². The van der Waals surface area contributed by atoms with Gasteiger partial charge in [0.1, 0.15) is 0 Å². The molecule has 17 heavy (non-hydrogen) atoms. The van der Waals surface area contributed by atoms with E-state index in [-0.39, 0.29) is 11.8 Å². The average molecular weight is 262 g/mol. The molecule has 1 aliphatic rings. The number of unbranched alkanes of at least 4 members (excludes halogenated alkanes) is 1. The first-order chi connectivity index (χ1) is 8.14. The van der Waals surface area contributed by atoms with Gasteiger partial charge in [0, 0.05) is 6.04 Å². The summed E-state index contributed by atoms with van der Waals surface area (Å²) in [6.07, 6.45) is 7.27. The minimum Gasteiger partial charge on any atom is -0.317 e. The molecular weight excluding hydrogens is 236 g/mol. The molecule has 0 aromatic carbocycles. The van der Waals surface area contributed by atoms with E-state index in [1.807, 2.05) is 0 Å². The largest absolute Gasteiger partial charge is 0.317 e. The molecule has 1 saturated carbocycles. The molecule has 0 aromatic rings. The Balaban J connectivity index is 2.16. The van der Waals surface area contributed by atoms with Crippen molar-refractivity contribution >= 4 is 10.0 Å². The standard InChI is InChI=1S/C12H26N2O2S/c1-2-13-10-6-7-11-17(15,16)14-12-8-4-3-5-9-12/h12-14H,2-11H2,1H3. The van der Waals surface area contributed by atoms with Crippen molar-refractivity contribution in [3.63, 3.8) is 0 Å². The van der Waals surface area contributed by atoms with Crippen LogP contribution in [0.2, 0.25) is 0 Å². The van der Waals surface area contributed by atoms with Crippen molar-refractivity contribution in [3.8, 4) is 0 Å². The van der Waals surface area contributed by atoms with Gasteiger partial charge in [-0.25, -0.2) is 13.1 Å². The minimum atomic E-state index is -3.05. The molecule has 0 aliphatic heterocycles. The van der Waals surface area contributed by atoms with Crippen molar-refractivity contribution in [2.24, 2.45) is 0 Å². The quantitative estimate of drug-likeness (QED) is 0.654. The van der Waals surface area contributed by atoms with Crippen LogP contribution in [-0.4, -0.2) is 33.3 Å². The summed E-state index contributed by atoms with van der Waals surface area (Å²) in [6.45, 7) is 3.92. The van der Waals surface area contributed by atoms with Gasteiger partial charge in [0.2, 0.25) is 10.0 Å². The fourth-order valence-electron chi connectivity index (χ4n) is 2.25. The molecule has 0 heterocycles. The topological polar surface area (TPSA) is 58.2 Å². The van der Waals surface area contributed by atoms with Crippen LogP contribution in [-0.2, 0) is 10.0 Å². The number of sulfonamides is 1. The van der Waals surface area contributed by atoms with Crippen LogP contribution in [0.15, 0.2) is 0 Å². The van der Waals surface area contributed by atoms with Crippen molar-refractivity contribution in [1.29, 1.82) is 0 Å². The van der Waals surface area contributed by atoms with Crippen LogP contribution in [0, 0.1) is 0 Å². The average Bonchev–Trinajstić information content (AvgIpc) is 2.29. The second-order valence-electron chi connectivity index (χ2n) is 4.83. The monoisotopic (exact) mass is 262 g/mol. The van der Waals surface area contributed by atoms with Gasteiger partial charge in [-0.1, -0.05) is 26.2 Å². The van der Waals surface area contributed by atoms with E-state index in [2.05, 4.69) is 17.0 Å². The molecule has 0 spiro atoms. The molecule has 4 nitrogen and oxygen atoms in total. The Morgan fingerprint density at radius 3 is 2.47 bits per heavy atom. The molecule has 5 heteroatoms. The zero-order valence-corrected chi connectivity index (χ0v) is 11.7. The highest BCUT2D eigenvalue weighted by Crippen LogP contribution is 2.18. The first-order valence-corrected chi connectivity index (χ1v) is 8.50. The zero-order chi connectivity index (χ0) is 12.6. The maximum atomic E-state index is 11.8. The normalized spacial score (nSPS) is 18.4. The Hall–Kier alpha value is -0.130. The maximum absolute atomic E-state index is 11.8. The van der Waals surface area contributed by atoms with Gasteiger partial charge in [-0.3, -0.25) is 0 Å². The molecule has 1 fully saturated rings. The Morgan fingerprint density at radius 2 is 1.82 bits per heavy atom. The maximum Gasteiger partial charge on any atom is 0.211 e. The lowest BCUT2D eigenvalue weighted by Crippen LogP contribution is -2.37. The van der Waals surface area contributed by atoms with Crippen LogP contribution < -0.4 is 10.0 Å². The Morgan fingerprint density at radius 1 is 1.12 bits per heavy atom. The van der Waals surface area contributed by atoms with Gasteiger partial charge in [-0.15, -0.1) is 0 Å². The molecule has 0 amide bonds. The van der Waals surface area contributed by atoms with Gasteiger partial charge in [-0.05, 0) is 38.8 Å². The Bertz CT molecular complexity index is 285. The lowest BCUT2D eigenvalue weighted by molar-refractivity contribution is 0.412. The van der Waals surface area contributed by atoms with Crippen molar-refractivity contribution in [2.75, 3.05) is 18.8 Å². The smallest absolute Gasteiger partial charge is 0.211 e. The van der Waals surface area contributed by atoms with Crippen LogP contribution in [0.5, 0.6) is 0 Å². The summed E-state index contributed by atoms with van der Waals surface area (Å²) in [4.78, 5) is 0. The van der Waals surface area contributed by atoms with Crippen molar-refractivity contribution in [3.05, 3.63) is 0 Å². The van der Waals surface area contributed by atoms with E-state index >= 15 is 0 Å². The summed E-state index contributed by atoms with van der Waals surface area (Å²) in [5.41, 5.74) is 0. The van der Waals surface area contributed by atoms with E-state index in [0.717, 1.165) is 51.6 Å². The molecule has 1 rings (SSSR count). The van der Waals surface area contributed by atoms with Gasteiger partial charge in [0.05, 0.1) is 5.75 Å². The van der Waals surface area contributed by atoms with Crippen molar-refractivity contribution in [1.82, 2.24) is 10.0 Å². The van der Waals surface area contributed by atoms with E-state index in [0.29, 0.717) is 0 Å². The third-order valence-electron chi connectivity index (χ3n) is 3.22. The first kappa shape index (κ1) is 14.9. The molecule has 1 aliphatic carbocycles. The summed E-state index contributed by atoms with van der Waals surface area (Å²) in [6, 6.07) is 0.197. The summed E-state index contributed by atoms with van der Waals surface area (Å²) in [7, 11) is -3.05. The van der Waals surface area contributed by atoms with Crippen LogP contribution in [0.25, 0.3) is 0 Å². The number of hydrogen-bond donors (Lipinski definition) is 2. The summed E-state index contributed by atoms with van der Waals surface area (Å²) in [5.74, 6) is 0.273. The second kappa shape index (κ2) is 8.06. The number of rotatable bonds is 8. The van der Waals surface area contributed by atoms with Crippen LogP contribution in [0.1, 0.15) is 51.9 Å². The van der Waals surface area contributed by atoms with Crippen molar-refractivity contribution in [2.45, 2.75) is 57.9 Å². The lowest BCUT2D eigenvalue weighted by Gasteiger charge is -2.22. The van der Waals surface area contributed by atoms with E-state index in [1.54, 1.807) is 0 Å². The van der Waals surface area contributed by atoms with Crippen LogP contribution >= 0.6 is 0 Å². The van der Waals surface area contributed by atoms with E-state index in [4.69, 9.17) is 0 Å². The third kappa shape index (κ3) is 7.01. The summed E-state index contributed by atoms with van der Waals surface area (Å²) in [5, 5.41) is 3.20. The third-order valence-corrected chi connectivity index (χ3v) is 4.74. The molecule has 0 aromatic heterocycles. The van der Waals surface area contributed by atoms with E-state index in [1.165, 1.54) is 6.42 Å². The lowest BCUT2D eigenvalue weighted by atomic mass is 9.96. The molecule has 0 saturated heterocycles. The minimum absolute atomic E-state index is 0.197. The molecule has 0 atom stereocenters. The van der Waals surface area contributed by atoms with Crippen LogP contribution in [0.3, 0.4) is 0 Å². The highest BCUT2D eigenvalue weighted by atomic mass is 32.2. The SMILES string of the molecule is CCNCCCCS(=O)(=O)NC1CCCCC1. The fraction of sp³-hybridized carbons (Fsp3) is 1.00. The highest BCUT2D eigenvalue weighted by molar-refractivity contribution is 7.89. The second-order valence-corrected chi connectivity index (χ2v) is 6.71.